The third-order valence-corrected chi connectivity index (χ3v) is 3.53. The third-order valence-electron chi connectivity index (χ3n) is 2.54. The molecule has 0 saturated carbocycles. The van der Waals surface area contributed by atoms with Crippen molar-refractivity contribution in [2.24, 2.45) is 5.41 Å². The van der Waals surface area contributed by atoms with Crippen LogP contribution in [0.1, 0.15) is 19.3 Å². The first-order chi connectivity index (χ1) is 5.83. The Hall–Kier alpha value is -0.0200. The van der Waals surface area contributed by atoms with Crippen LogP contribution < -0.4 is 0 Å². The van der Waals surface area contributed by atoms with Crippen LogP contribution in [-0.2, 0) is 9.53 Å². The van der Waals surface area contributed by atoms with E-state index < -0.39 is 0 Å². The van der Waals surface area contributed by atoms with Crippen molar-refractivity contribution in [1.82, 2.24) is 0 Å². The highest BCUT2D eigenvalue weighted by Gasteiger charge is 2.31. The molecule has 1 saturated heterocycles. The first-order valence-electron chi connectivity index (χ1n) is 4.36. The molecule has 2 nitrogen and oxygen atoms in total. The van der Waals surface area contributed by atoms with E-state index in [4.69, 9.17) is 4.74 Å². The van der Waals surface area contributed by atoms with E-state index in [1.165, 1.54) is 0 Å². The quantitative estimate of drug-likeness (QED) is 0.629. The van der Waals surface area contributed by atoms with Crippen molar-refractivity contribution in [3.8, 4) is 0 Å². The maximum Gasteiger partial charge on any atom is 0.126 e. The summed E-state index contributed by atoms with van der Waals surface area (Å²) in [5.74, 6) is 2.25. The Morgan fingerprint density at radius 1 is 1.50 bits per heavy atom. The van der Waals surface area contributed by atoms with Crippen LogP contribution in [0, 0.1) is 5.41 Å². The summed E-state index contributed by atoms with van der Waals surface area (Å²) in [6.07, 6.45) is 4.11. The maximum absolute atomic E-state index is 10.9. The molecule has 0 atom stereocenters. The molecule has 1 rings (SSSR count). The van der Waals surface area contributed by atoms with E-state index >= 15 is 0 Å². The van der Waals surface area contributed by atoms with Gasteiger partial charge in [0.15, 0.2) is 0 Å². The fourth-order valence-electron chi connectivity index (χ4n) is 1.51. The predicted octanol–water partition coefficient (Wildman–Crippen LogP) is 1.74. The summed E-state index contributed by atoms with van der Waals surface area (Å²) in [5, 5.41) is 0. The van der Waals surface area contributed by atoms with Crippen molar-refractivity contribution < 1.29 is 9.53 Å². The summed E-state index contributed by atoms with van der Waals surface area (Å²) in [6.45, 7) is 0.712. The Bertz CT molecular complexity index is 141. The number of thioether (sulfide) groups is 1. The number of carbonyl (C=O) groups excluding carboxylic acids is 1. The molecule has 0 aromatic carbocycles. The van der Waals surface area contributed by atoms with Crippen LogP contribution in [0.5, 0.6) is 0 Å². The molecule has 70 valence electrons. The second kappa shape index (κ2) is 4.87. The first-order valence-corrected chi connectivity index (χ1v) is 5.51. The highest BCUT2D eigenvalue weighted by Crippen LogP contribution is 2.35. The van der Waals surface area contributed by atoms with Crippen LogP contribution in [0.15, 0.2) is 0 Å². The van der Waals surface area contributed by atoms with Crippen molar-refractivity contribution in [2.75, 3.05) is 25.2 Å². The first kappa shape index (κ1) is 10.1. The summed E-state index contributed by atoms with van der Waals surface area (Å²) in [7, 11) is 1.69. The number of hydrogen-bond donors (Lipinski definition) is 0. The Labute approximate surface area is 78.1 Å². The standard InChI is InChI=1S/C9H16O2S/c1-11-5-2-9(8-10)3-6-12-7-4-9/h8H,2-7H2,1H3. The normalized spacial score (nSPS) is 22.1. The zero-order chi connectivity index (χ0) is 8.86. The maximum atomic E-state index is 10.9. The third kappa shape index (κ3) is 2.49. The average molecular weight is 188 g/mol. The number of hydrogen-bond acceptors (Lipinski definition) is 3. The number of rotatable bonds is 4. The van der Waals surface area contributed by atoms with Gasteiger partial charge in [0.25, 0.3) is 0 Å². The zero-order valence-electron chi connectivity index (χ0n) is 7.54. The molecule has 1 aliphatic rings. The summed E-state index contributed by atoms with van der Waals surface area (Å²) >= 11 is 1.95. The molecule has 0 N–H and O–H groups in total. The van der Waals surface area contributed by atoms with Crippen LogP contribution in [0.2, 0.25) is 0 Å². The average Bonchev–Trinajstić information content (AvgIpc) is 2.16. The van der Waals surface area contributed by atoms with Gasteiger partial charge in [0.2, 0.25) is 0 Å². The second-order valence-corrected chi connectivity index (χ2v) is 4.56. The molecule has 0 aromatic rings. The minimum Gasteiger partial charge on any atom is -0.385 e. The van der Waals surface area contributed by atoms with Gasteiger partial charge in [-0.25, -0.2) is 0 Å². The lowest BCUT2D eigenvalue weighted by Crippen LogP contribution is -2.29. The number of methoxy groups -OCH3 is 1. The molecule has 0 spiro atoms. The van der Waals surface area contributed by atoms with Gasteiger partial charge < -0.3 is 9.53 Å². The second-order valence-electron chi connectivity index (χ2n) is 3.34. The Balaban J connectivity index is 2.42. The van der Waals surface area contributed by atoms with Gasteiger partial charge in [-0.3, -0.25) is 0 Å². The van der Waals surface area contributed by atoms with Crippen LogP contribution in [0.4, 0.5) is 0 Å². The molecule has 0 aliphatic carbocycles. The molecule has 0 bridgehead atoms. The molecule has 0 unspecified atom stereocenters. The monoisotopic (exact) mass is 188 g/mol. The molecule has 3 heteroatoms. The van der Waals surface area contributed by atoms with Gasteiger partial charge in [-0.2, -0.15) is 11.8 Å². The van der Waals surface area contributed by atoms with Gasteiger partial charge in [0, 0.05) is 19.1 Å². The molecule has 1 heterocycles. The van der Waals surface area contributed by atoms with E-state index in [0.717, 1.165) is 37.1 Å². The number of ether oxygens (including phenoxy) is 1. The minimum absolute atomic E-state index is 0.0543. The molecule has 0 amide bonds. The molecular weight excluding hydrogens is 172 g/mol. The van der Waals surface area contributed by atoms with Crippen molar-refractivity contribution in [3.63, 3.8) is 0 Å². The lowest BCUT2D eigenvalue weighted by atomic mass is 9.81. The lowest BCUT2D eigenvalue weighted by Gasteiger charge is -2.31. The molecule has 1 fully saturated rings. The van der Waals surface area contributed by atoms with Crippen LogP contribution in [-0.4, -0.2) is 31.5 Å². The van der Waals surface area contributed by atoms with Crippen molar-refractivity contribution in [1.29, 1.82) is 0 Å². The predicted molar refractivity (Wildman–Crippen MR) is 51.5 cm³/mol. The summed E-state index contributed by atoms with van der Waals surface area (Å²) in [6, 6.07) is 0. The zero-order valence-corrected chi connectivity index (χ0v) is 8.36. The number of carbonyl (C=O) groups is 1. The van der Waals surface area contributed by atoms with Gasteiger partial charge >= 0.3 is 0 Å². The highest BCUT2D eigenvalue weighted by molar-refractivity contribution is 7.99. The van der Waals surface area contributed by atoms with Gasteiger partial charge in [0.05, 0.1) is 0 Å². The Morgan fingerprint density at radius 2 is 2.17 bits per heavy atom. The molecular formula is C9H16O2S. The summed E-state index contributed by atoms with van der Waals surface area (Å²) in [4.78, 5) is 10.9. The van der Waals surface area contributed by atoms with Crippen LogP contribution in [0.25, 0.3) is 0 Å². The van der Waals surface area contributed by atoms with Crippen molar-refractivity contribution in [3.05, 3.63) is 0 Å². The number of aldehydes is 1. The molecule has 0 radical (unpaired) electrons. The molecule has 0 aromatic heterocycles. The van der Waals surface area contributed by atoms with Gasteiger partial charge in [-0.1, -0.05) is 0 Å². The van der Waals surface area contributed by atoms with E-state index in [1.54, 1.807) is 7.11 Å². The fraction of sp³-hybridized carbons (Fsp3) is 0.889. The Kier molecular flexibility index (Phi) is 4.09. The Morgan fingerprint density at radius 3 is 2.67 bits per heavy atom. The minimum atomic E-state index is -0.0543. The van der Waals surface area contributed by atoms with Crippen LogP contribution in [0.3, 0.4) is 0 Å². The van der Waals surface area contributed by atoms with E-state index in [9.17, 15) is 4.79 Å². The lowest BCUT2D eigenvalue weighted by molar-refractivity contribution is -0.117. The van der Waals surface area contributed by atoms with Gasteiger partial charge in [-0.15, -0.1) is 0 Å². The molecule has 1 aliphatic heterocycles. The fourth-order valence-corrected chi connectivity index (χ4v) is 2.82. The van der Waals surface area contributed by atoms with E-state index in [2.05, 4.69) is 0 Å². The van der Waals surface area contributed by atoms with Gasteiger partial charge in [-0.05, 0) is 30.8 Å². The van der Waals surface area contributed by atoms with Gasteiger partial charge in [0.1, 0.15) is 6.29 Å². The van der Waals surface area contributed by atoms with E-state index in [0.29, 0.717) is 6.61 Å². The van der Waals surface area contributed by atoms with Crippen molar-refractivity contribution >= 4 is 18.0 Å². The SMILES string of the molecule is COCCC1(C=O)CCSCC1. The van der Waals surface area contributed by atoms with E-state index in [1.807, 2.05) is 11.8 Å². The summed E-state index contributed by atoms with van der Waals surface area (Å²) in [5.41, 5.74) is -0.0543. The smallest absolute Gasteiger partial charge is 0.126 e. The van der Waals surface area contributed by atoms with Crippen LogP contribution >= 0.6 is 11.8 Å². The van der Waals surface area contributed by atoms with Crippen molar-refractivity contribution in [2.45, 2.75) is 19.3 Å². The van der Waals surface area contributed by atoms with E-state index in [-0.39, 0.29) is 5.41 Å². The topological polar surface area (TPSA) is 26.3 Å². The highest BCUT2D eigenvalue weighted by atomic mass is 32.2. The summed E-state index contributed by atoms with van der Waals surface area (Å²) < 4.78 is 5.01. The largest absolute Gasteiger partial charge is 0.385 e. The molecule has 12 heavy (non-hydrogen) atoms.